The van der Waals surface area contributed by atoms with Gasteiger partial charge in [0.05, 0.1) is 18.1 Å². The summed E-state index contributed by atoms with van der Waals surface area (Å²) in [6.07, 6.45) is 5.03. The van der Waals surface area contributed by atoms with E-state index in [0.29, 0.717) is 28.5 Å². The third kappa shape index (κ3) is 6.99. The molecule has 6 nitrogen and oxygen atoms in total. The maximum atomic E-state index is 12.6. The smallest absolute Gasteiger partial charge is 0.249 e. The second kappa shape index (κ2) is 11.9. The van der Waals surface area contributed by atoms with Gasteiger partial charge in [0.25, 0.3) is 0 Å². The predicted molar refractivity (Wildman–Crippen MR) is 147 cm³/mol. The van der Waals surface area contributed by atoms with Crippen molar-refractivity contribution in [2.24, 2.45) is 0 Å². The van der Waals surface area contributed by atoms with Crippen molar-refractivity contribution < 1.29 is 14.3 Å². The number of methoxy groups -OCH3 is 1. The number of nitrogens with zero attached hydrogens (tertiary/aromatic N) is 2. The first-order valence-corrected chi connectivity index (χ1v) is 12.4. The summed E-state index contributed by atoms with van der Waals surface area (Å²) in [6, 6.07) is 21.1. The molecular weight excluding hydrogens is 542 g/mol. The Morgan fingerprint density at radius 1 is 1.11 bits per heavy atom. The van der Waals surface area contributed by atoms with Crippen molar-refractivity contribution in [3.8, 4) is 11.5 Å². The van der Waals surface area contributed by atoms with Crippen LogP contribution in [-0.4, -0.2) is 22.8 Å². The number of hydrogen-bond donors (Lipinski definition) is 1. The van der Waals surface area contributed by atoms with E-state index in [1.807, 2.05) is 79.9 Å². The van der Waals surface area contributed by atoms with Crippen molar-refractivity contribution in [2.75, 3.05) is 12.4 Å². The van der Waals surface area contributed by atoms with Crippen LogP contribution in [0.3, 0.4) is 0 Å². The molecule has 4 aromatic rings. The Kier molecular flexibility index (Phi) is 8.46. The maximum Gasteiger partial charge on any atom is 0.249 e. The predicted octanol–water partition coefficient (Wildman–Crippen LogP) is 6.90. The van der Waals surface area contributed by atoms with Gasteiger partial charge >= 0.3 is 0 Å². The molecule has 0 aliphatic rings. The van der Waals surface area contributed by atoms with E-state index in [1.165, 1.54) is 11.6 Å². The van der Waals surface area contributed by atoms with E-state index < -0.39 is 0 Å². The quantitative estimate of drug-likeness (QED) is 0.224. The fourth-order valence-electron chi connectivity index (χ4n) is 3.48. The van der Waals surface area contributed by atoms with Crippen molar-refractivity contribution in [2.45, 2.75) is 20.1 Å². The highest BCUT2D eigenvalue weighted by Gasteiger charge is 2.10. The van der Waals surface area contributed by atoms with Crippen LogP contribution < -0.4 is 14.8 Å². The Morgan fingerprint density at radius 3 is 2.58 bits per heavy atom. The molecule has 0 aliphatic heterocycles. The van der Waals surface area contributed by atoms with Crippen molar-refractivity contribution >= 4 is 45.3 Å². The number of rotatable bonds is 9. The van der Waals surface area contributed by atoms with Crippen LogP contribution in [-0.2, 0) is 17.9 Å². The van der Waals surface area contributed by atoms with Gasteiger partial charge in [0, 0.05) is 22.9 Å². The van der Waals surface area contributed by atoms with Crippen LogP contribution in [0.2, 0.25) is 5.02 Å². The summed E-state index contributed by atoms with van der Waals surface area (Å²) < 4.78 is 13.8. The zero-order valence-electron chi connectivity index (χ0n) is 19.9. The van der Waals surface area contributed by atoms with Gasteiger partial charge in [-0.25, -0.2) is 0 Å². The van der Waals surface area contributed by atoms with Crippen LogP contribution in [0.25, 0.3) is 6.08 Å². The number of ether oxygens (including phenoxy) is 2. The second-order valence-corrected chi connectivity index (χ2v) is 9.44. The minimum atomic E-state index is -0.291. The lowest BCUT2D eigenvalue weighted by Gasteiger charge is -2.11. The molecule has 0 bridgehead atoms. The van der Waals surface area contributed by atoms with Gasteiger partial charge in [-0.3, -0.25) is 9.48 Å². The fraction of sp³-hybridized carbons (Fsp3) is 0.143. The summed E-state index contributed by atoms with van der Waals surface area (Å²) >= 11 is 9.41. The highest BCUT2D eigenvalue weighted by molar-refractivity contribution is 9.10. The zero-order chi connectivity index (χ0) is 25.5. The monoisotopic (exact) mass is 565 g/mol. The molecule has 36 heavy (non-hydrogen) atoms. The lowest BCUT2D eigenvalue weighted by Crippen LogP contribution is -2.09. The fourth-order valence-corrected chi connectivity index (χ4v) is 4.02. The highest BCUT2D eigenvalue weighted by Crippen LogP contribution is 2.24. The van der Waals surface area contributed by atoms with Gasteiger partial charge in [0.2, 0.25) is 5.91 Å². The number of halogens is 2. The molecule has 0 atom stereocenters. The second-order valence-electron chi connectivity index (χ2n) is 8.15. The van der Waals surface area contributed by atoms with Crippen LogP contribution in [0.5, 0.6) is 11.5 Å². The number of hydrogen-bond acceptors (Lipinski definition) is 4. The molecule has 0 saturated heterocycles. The zero-order valence-corrected chi connectivity index (χ0v) is 22.2. The van der Waals surface area contributed by atoms with E-state index >= 15 is 0 Å². The van der Waals surface area contributed by atoms with Gasteiger partial charge in [-0.2, -0.15) is 5.10 Å². The molecule has 0 fully saturated rings. The summed E-state index contributed by atoms with van der Waals surface area (Å²) in [4.78, 5) is 12.6. The van der Waals surface area contributed by atoms with Crippen molar-refractivity contribution in [1.82, 2.24) is 9.78 Å². The molecule has 1 amide bonds. The molecule has 8 heteroatoms. The average molecular weight is 567 g/mol. The molecule has 1 aromatic heterocycles. The largest absolute Gasteiger partial charge is 0.496 e. The molecule has 4 rings (SSSR count). The summed E-state index contributed by atoms with van der Waals surface area (Å²) in [7, 11) is 1.62. The van der Waals surface area contributed by atoms with Gasteiger partial charge < -0.3 is 14.8 Å². The van der Waals surface area contributed by atoms with E-state index in [9.17, 15) is 4.79 Å². The topological polar surface area (TPSA) is 65.4 Å². The van der Waals surface area contributed by atoms with E-state index in [1.54, 1.807) is 17.9 Å². The first-order chi connectivity index (χ1) is 17.4. The molecule has 0 spiro atoms. The Morgan fingerprint density at radius 2 is 1.86 bits per heavy atom. The normalized spacial score (nSPS) is 11.0. The number of benzene rings is 3. The minimum absolute atomic E-state index is 0.291. The Bertz CT molecular complexity index is 1370. The van der Waals surface area contributed by atoms with E-state index in [2.05, 4.69) is 26.3 Å². The van der Waals surface area contributed by atoms with Crippen molar-refractivity contribution in [3.05, 3.63) is 111 Å². The Hall–Kier alpha value is -3.55. The van der Waals surface area contributed by atoms with Crippen LogP contribution in [0.4, 0.5) is 5.82 Å². The Labute approximate surface area is 223 Å². The summed E-state index contributed by atoms with van der Waals surface area (Å²) in [5.41, 5.74) is 3.95. The van der Waals surface area contributed by atoms with E-state index in [0.717, 1.165) is 28.2 Å². The van der Waals surface area contributed by atoms with Crippen LogP contribution in [0.1, 0.15) is 22.3 Å². The van der Waals surface area contributed by atoms with E-state index in [4.69, 9.17) is 21.1 Å². The van der Waals surface area contributed by atoms with Gasteiger partial charge in [0.15, 0.2) is 5.82 Å². The molecule has 0 unspecified atom stereocenters. The van der Waals surface area contributed by atoms with Gasteiger partial charge in [-0.05, 0) is 76.5 Å². The maximum absolute atomic E-state index is 12.6. The molecule has 184 valence electrons. The third-order valence-electron chi connectivity index (χ3n) is 5.36. The van der Waals surface area contributed by atoms with Gasteiger partial charge in [-0.15, -0.1) is 0 Å². The summed E-state index contributed by atoms with van der Waals surface area (Å²) in [5, 5.41) is 7.95. The number of amides is 1. The highest BCUT2D eigenvalue weighted by atomic mass is 79.9. The molecule has 0 radical (unpaired) electrons. The number of carbonyl (C=O) groups excluding carboxylic acids is 1. The van der Waals surface area contributed by atoms with Crippen LogP contribution in [0, 0.1) is 6.92 Å². The molecule has 0 saturated carbocycles. The number of aromatic nitrogens is 2. The molecular formula is C28H25BrClN3O3. The summed E-state index contributed by atoms with van der Waals surface area (Å²) in [5.74, 6) is 1.66. The van der Waals surface area contributed by atoms with Crippen molar-refractivity contribution in [1.29, 1.82) is 0 Å². The number of carbonyl (C=O) groups is 1. The number of anilines is 1. The standard InChI is InChI=1S/C28H25BrClN3O3/c1-19-3-11-24(12-4-19)36-18-22-15-20(7-13-26(22)35-2)8-14-27(34)31-28-25(29)17-33(32-28)16-21-5-9-23(30)10-6-21/h3-15,17H,16,18H2,1-2H3,(H,31,32,34)/b14-8+. The first-order valence-electron chi connectivity index (χ1n) is 11.2. The SMILES string of the molecule is COc1ccc(/C=C/C(=O)Nc2nn(Cc3ccc(Cl)cc3)cc2Br)cc1COc1ccc(C)cc1. The Balaban J connectivity index is 1.39. The average Bonchev–Trinajstić information content (AvgIpc) is 3.21. The van der Waals surface area contributed by atoms with Crippen LogP contribution in [0.15, 0.2) is 83.5 Å². The lowest BCUT2D eigenvalue weighted by atomic mass is 10.1. The van der Waals surface area contributed by atoms with Gasteiger partial charge in [-0.1, -0.05) is 47.5 Å². The third-order valence-corrected chi connectivity index (χ3v) is 6.20. The first kappa shape index (κ1) is 25.5. The number of aryl methyl sites for hydroxylation is 1. The molecule has 1 heterocycles. The molecule has 1 N–H and O–H groups in total. The van der Waals surface area contributed by atoms with Crippen molar-refractivity contribution in [3.63, 3.8) is 0 Å². The molecule has 3 aromatic carbocycles. The van der Waals surface area contributed by atoms with Crippen LogP contribution >= 0.6 is 27.5 Å². The molecule has 0 aliphatic carbocycles. The number of nitrogens with one attached hydrogen (secondary N) is 1. The minimum Gasteiger partial charge on any atom is -0.496 e. The lowest BCUT2D eigenvalue weighted by molar-refractivity contribution is -0.111. The van der Waals surface area contributed by atoms with Gasteiger partial charge in [0.1, 0.15) is 18.1 Å². The van der Waals surface area contributed by atoms with E-state index in [-0.39, 0.29) is 5.91 Å². The summed E-state index contributed by atoms with van der Waals surface area (Å²) in [6.45, 7) is 2.93.